The van der Waals surface area contributed by atoms with Crippen LogP contribution in [0.3, 0.4) is 0 Å². The van der Waals surface area contributed by atoms with Gasteiger partial charge < -0.3 is 19.9 Å². The number of benzene rings is 1. The van der Waals surface area contributed by atoms with Gasteiger partial charge in [0.25, 0.3) is 5.89 Å². The average molecular weight is 286 g/mol. The summed E-state index contributed by atoms with van der Waals surface area (Å²) < 4.78 is 10.9. The Morgan fingerprint density at radius 2 is 2.29 bits per heavy atom. The summed E-state index contributed by atoms with van der Waals surface area (Å²) in [5.41, 5.74) is 7.45. The first-order valence-corrected chi connectivity index (χ1v) is 6.88. The van der Waals surface area contributed by atoms with Crippen molar-refractivity contribution in [3.05, 3.63) is 41.5 Å². The average Bonchev–Trinajstić information content (AvgIpc) is 2.94. The lowest BCUT2D eigenvalue weighted by atomic mass is 10.2. The zero-order valence-electron chi connectivity index (χ0n) is 11.9. The molecule has 1 aromatic carbocycles. The number of aromatic nitrogens is 2. The molecule has 1 atom stereocenters. The van der Waals surface area contributed by atoms with E-state index in [-0.39, 0.29) is 6.10 Å². The molecule has 6 heteroatoms. The van der Waals surface area contributed by atoms with Gasteiger partial charge in [0.15, 0.2) is 0 Å². The van der Waals surface area contributed by atoms with Gasteiger partial charge in [0, 0.05) is 24.9 Å². The van der Waals surface area contributed by atoms with Crippen LogP contribution in [0.5, 0.6) is 0 Å². The summed E-state index contributed by atoms with van der Waals surface area (Å²) >= 11 is 0. The number of rotatable bonds is 3. The van der Waals surface area contributed by atoms with Crippen molar-refractivity contribution in [3.8, 4) is 0 Å². The van der Waals surface area contributed by atoms with Crippen LogP contribution in [-0.4, -0.2) is 41.8 Å². The minimum atomic E-state index is -0.123. The lowest BCUT2D eigenvalue weighted by Gasteiger charge is -2.27. The van der Waals surface area contributed by atoms with Crippen LogP contribution in [0.1, 0.15) is 23.4 Å². The predicted octanol–water partition coefficient (Wildman–Crippen LogP) is 1.83. The number of hydrogen-bond acceptors (Lipinski definition) is 6. The Balaban J connectivity index is 1.70. The lowest BCUT2D eigenvalue weighted by Crippen LogP contribution is -2.35. The van der Waals surface area contributed by atoms with Crippen LogP contribution in [0.2, 0.25) is 0 Å². The molecule has 1 unspecified atom stereocenters. The number of hydrogen-bond donors (Lipinski definition) is 1. The largest absolute Gasteiger partial charge is 0.399 e. The van der Waals surface area contributed by atoms with Crippen molar-refractivity contribution < 1.29 is 9.26 Å². The summed E-state index contributed by atoms with van der Waals surface area (Å²) in [7, 11) is 2.05. The monoisotopic (exact) mass is 286 g/mol. The molecule has 0 saturated carbocycles. The molecule has 1 aliphatic rings. The van der Waals surface area contributed by atoms with Gasteiger partial charge in [0.2, 0.25) is 5.82 Å². The van der Waals surface area contributed by atoms with Crippen molar-refractivity contribution in [2.45, 2.75) is 6.10 Å². The maximum Gasteiger partial charge on any atom is 0.250 e. The van der Waals surface area contributed by atoms with E-state index in [0.717, 1.165) is 24.3 Å². The van der Waals surface area contributed by atoms with Gasteiger partial charge in [-0.3, -0.25) is 0 Å². The van der Waals surface area contributed by atoms with Crippen molar-refractivity contribution in [1.29, 1.82) is 0 Å². The Bertz CT molecular complexity index is 638. The van der Waals surface area contributed by atoms with Gasteiger partial charge in [-0.15, -0.1) is 0 Å². The van der Waals surface area contributed by atoms with E-state index >= 15 is 0 Å². The topological polar surface area (TPSA) is 77.4 Å². The van der Waals surface area contributed by atoms with Crippen LogP contribution in [0.15, 0.2) is 28.8 Å². The molecule has 0 bridgehead atoms. The van der Waals surface area contributed by atoms with E-state index in [2.05, 4.69) is 22.1 Å². The standard InChI is InChI=1S/C15H18N4O2/c1-19-7-8-20-13(10-19)15-17-14(21-18-15)6-5-11-3-2-4-12(16)9-11/h2-6,9,13H,7-8,10,16H2,1H3/b6-5+. The fraction of sp³-hybridized carbons (Fsp3) is 0.333. The summed E-state index contributed by atoms with van der Waals surface area (Å²) in [6.07, 6.45) is 3.54. The Morgan fingerprint density at radius 1 is 1.38 bits per heavy atom. The number of nitrogens with zero attached hydrogens (tertiary/aromatic N) is 3. The molecule has 1 aromatic heterocycles. The molecular formula is C15H18N4O2. The minimum absolute atomic E-state index is 0.123. The highest BCUT2D eigenvalue weighted by molar-refractivity contribution is 5.67. The van der Waals surface area contributed by atoms with Gasteiger partial charge in [-0.2, -0.15) is 4.98 Å². The smallest absolute Gasteiger partial charge is 0.250 e. The normalized spacial score (nSPS) is 20.1. The quantitative estimate of drug-likeness (QED) is 0.867. The van der Waals surface area contributed by atoms with Crippen LogP contribution >= 0.6 is 0 Å². The molecular weight excluding hydrogens is 268 g/mol. The van der Waals surface area contributed by atoms with E-state index in [1.807, 2.05) is 30.3 Å². The van der Waals surface area contributed by atoms with Gasteiger partial charge in [0.05, 0.1) is 6.61 Å². The van der Waals surface area contributed by atoms with Crippen LogP contribution in [0.4, 0.5) is 5.69 Å². The zero-order chi connectivity index (χ0) is 14.7. The number of nitrogen functional groups attached to an aromatic ring is 1. The van der Waals surface area contributed by atoms with E-state index in [0.29, 0.717) is 18.3 Å². The highest BCUT2D eigenvalue weighted by Crippen LogP contribution is 2.19. The maximum absolute atomic E-state index is 5.74. The van der Waals surface area contributed by atoms with Crippen molar-refractivity contribution in [3.63, 3.8) is 0 Å². The Kier molecular flexibility index (Phi) is 3.98. The van der Waals surface area contributed by atoms with E-state index in [4.69, 9.17) is 15.0 Å². The molecule has 6 nitrogen and oxygen atoms in total. The fourth-order valence-corrected chi connectivity index (χ4v) is 2.21. The fourth-order valence-electron chi connectivity index (χ4n) is 2.21. The molecule has 1 fully saturated rings. The highest BCUT2D eigenvalue weighted by Gasteiger charge is 2.23. The molecule has 0 spiro atoms. The van der Waals surface area contributed by atoms with Crippen LogP contribution in [0.25, 0.3) is 12.2 Å². The lowest BCUT2D eigenvalue weighted by molar-refractivity contribution is -0.0264. The molecule has 1 saturated heterocycles. The molecule has 0 radical (unpaired) electrons. The number of nitrogens with two attached hydrogens (primary N) is 1. The number of anilines is 1. The van der Waals surface area contributed by atoms with Gasteiger partial charge >= 0.3 is 0 Å². The molecule has 0 amide bonds. The second-order valence-electron chi connectivity index (χ2n) is 5.12. The van der Waals surface area contributed by atoms with E-state index in [1.165, 1.54) is 0 Å². The summed E-state index contributed by atoms with van der Waals surface area (Å²) in [6, 6.07) is 7.59. The predicted molar refractivity (Wildman–Crippen MR) is 80.3 cm³/mol. The van der Waals surface area contributed by atoms with Gasteiger partial charge in [0.1, 0.15) is 6.10 Å². The number of morpholine rings is 1. The summed E-state index contributed by atoms with van der Waals surface area (Å²) in [4.78, 5) is 6.55. The Labute approximate surface area is 123 Å². The maximum atomic E-state index is 5.74. The molecule has 0 aliphatic carbocycles. The van der Waals surface area contributed by atoms with Gasteiger partial charge in [-0.25, -0.2) is 0 Å². The zero-order valence-corrected chi connectivity index (χ0v) is 11.9. The first-order chi connectivity index (χ1) is 10.2. The second-order valence-corrected chi connectivity index (χ2v) is 5.12. The summed E-state index contributed by atoms with van der Waals surface area (Å²) in [6.45, 7) is 2.39. The molecule has 3 rings (SSSR count). The van der Waals surface area contributed by atoms with Crippen LogP contribution in [0, 0.1) is 0 Å². The van der Waals surface area contributed by atoms with Gasteiger partial charge in [-0.1, -0.05) is 17.3 Å². The van der Waals surface area contributed by atoms with Crippen LogP contribution < -0.4 is 5.73 Å². The molecule has 1 aliphatic heterocycles. The molecule has 2 heterocycles. The summed E-state index contributed by atoms with van der Waals surface area (Å²) in [5.74, 6) is 1.05. The Hall–Kier alpha value is -2.18. The number of likely N-dealkylation sites (N-methyl/N-ethyl adjacent to an activating group) is 1. The first kappa shape index (κ1) is 13.8. The second kappa shape index (κ2) is 6.07. The highest BCUT2D eigenvalue weighted by atomic mass is 16.5. The molecule has 21 heavy (non-hydrogen) atoms. The third-order valence-corrected chi connectivity index (χ3v) is 3.34. The summed E-state index contributed by atoms with van der Waals surface area (Å²) in [5, 5.41) is 3.99. The van der Waals surface area contributed by atoms with Crippen LogP contribution in [-0.2, 0) is 4.74 Å². The van der Waals surface area contributed by atoms with Gasteiger partial charge in [-0.05, 0) is 30.8 Å². The third-order valence-electron chi connectivity index (χ3n) is 3.34. The van der Waals surface area contributed by atoms with Crippen molar-refractivity contribution in [2.24, 2.45) is 0 Å². The van der Waals surface area contributed by atoms with E-state index in [1.54, 1.807) is 6.08 Å². The Morgan fingerprint density at radius 3 is 3.10 bits per heavy atom. The molecule has 110 valence electrons. The minimum Gasteiger partial charge on any atom is -0.399 e. The van der Waals surface area contributed by atoms with Crippen molar-refractivity contribution >= 4 is 17.8 Å². The van der Waals surface area contributed by atoms with E-state index < -0.39 is 0 Å². The molecule has 2 N–H and O–H groups in total. The third kappa shape index (κ3) is 3.48. The first-order valence-electron chi connectivity index (χ1n) is 6.88. The number of ether oxygens (including phenoxy) is 1. The molecule has 2 aromatic rings. The van der Waals surface area contributed by atoms with Crippen molar-refractivity contribution in [2.75, 3.05) is 32.5 Å². The SMILES string of the molecule is CN1CCOC(c2noc(/C=C/c3cccc(N)c3)n2)C1. The van der Waals surface area contributed by atoms with E-state index in [9.17, 15) is 0 Å². The van der Waals surface area contributed by atoms with Crippen molar-refractivity contribution in [1.82, 2.24) is 15.0 Å².